The molecule has 2 heterocycles. The van der Waals surface area contributed by atoms with Crippen LogP contribution in [0.15, 0.2) is 12.1 Å². The molecule has 0 bridgehead atoms. The van der Waals surface area contributed by atoms with Gasteiger partial charge in [-0.2, -0.15) is 0 Å². The minimum Gasteiger partial charge on any atom is -0.477 e. The van der Waals surface area contributed by atoms with E-state index in [9.17, 15) is 4.79 Å². The Morgan fingerprint density at radius 1 is 1.11 bits per heavy atom. The molecule has 3 nitrogen and oxygen atoms in total. The topological polar surface area (TPSA) is 40.5 Å². The summed E-state index contributed by atoms with van der Waals surface area (Å²) in [5.41, 5.74) is 0.613. The van der Waals surface area contributed by atoms with Crippen LogP contribution < -0.4 is 4.90 Å². The van der Waals surface area contributed by atoms with Crippen molar-refractivity contribution < 1.29 is 9.90 Å². The van der Waals surface area contributed by atoms with Gasteiger partial charge >= 0.3 is 5.97 Å². The van der Waals surface area contributed by atoms with E-state index in [0.29, 0.717) is 10.3 Å². The summed E-state index contributed by atoms with van der Waals surface area (Å²) in [5.74, 6) is -0.808. The van der Waals surface area contributed by atoms with E-state index >= 15 is 0 Å². The maximum Gasteiger partial charge on any atom is 0.345 e. The third kappa shape index (κ3) is 2.64. The predicted molar refractivity (Wildman–Crippen MR) is 78.2 cm³/mol. The Morgan fingerprint density at radius 2 is 1.79 bits per heavy atom. The third-order valence-electron chi connectivity index (χ3n) is 4.85. The van der Waals surface area contributed by atoms with E-state index in [1.165, 1.54) is 56.3 Å². The number of hydrogen-bond donors (Lipinski definition) is 1. The summed E-state index contributed by atoms with van der Waals surface area (Å²) in [4.78, 5) is 13.8. The highest BCUT2D eigenvalue weighted by Gasteiger charge is 2.35. The molecule has 19 heavy (non-hydrogen) atoms. The molecule has 4 heteroatoms. The van der Waals surface area contributed by atoms with E-state index in [0.717, 1.165) is 18.1 Å². The Hall–Kier alpha value is -1.03. The second-order valence-corrected chi connectivity index (χ2v) is 7.05. The second kappa shape index (κ2) is 5.16. The Kier molecular flexibility index (Phi) is 3.52. The van der Waals surface area contributed by atoms with Crippen LogP contribution in [0.5, 0.6) is 0 Å². The number of piperidine rings is 1. The number of aromatic carboxylic acids is 1. The fraction of sp³-hybridized carbons (Fsp3) is 0.667. The van der Waals surface area contributed by atoms with Gasteiger partial charge in [-0.15, -0.1) is 11.3 Å². The molecule has 3 rings (SSSR count). The first kappa shape index (κ1) is 13.0. The normalized spacial score (nSPS) is 22.6. The van der Waals surface area contributed by atoms with Crippen LogP contribution in [0.4, 0.5) is 5.00 Å². The van der Waals surface area contributed by atoms with Gasteiger partial charge in [0.1, 0.15) is 4.88 Å². The molecule has 1 aliphatic carbocycles. The van der Waals surface area contributed by atoms with Crippen LogP contribution >= 0.6 is 11.3 Å². The van der Waals surface area contributed by atoms with Crippen molar-refractivity contribution in [1.82, 2.24) is 0 Å². The molecular weight excluding hydrogens is 258 g/mol. The largest absolute Gasteiger partial charge is 0.477 e. The second-order valence-electron chi connectivity index (χ2n) is 5.99. The minimum atomic E-state index is -0.808. The van der Waals surface area contributed by atoms with Gasteiger partial charge in [0.2, 0.25) is 0 Å². The molecule has 1 aliphatic heterocycles. The maximum atomic E-state index is 10.9. The highest BCUT2D eigenvalue weighted by Crippen LogP contribution is 2.45. The lowest BCUT2D eigenvalue weighted by Crippen LogP contribution is -2.40. The molecule has 0 amide bonds. The van der Waals surface area contributed by atoms with Crippen LogP contribution in [-0.4, -0.2) is 24.2 Å². The number of thiophene rings is 1. The van der Waals surface area contributed by atoms with Crippen LogP contribution in [-0.2, 0) is 0 Å². The van der Waals surface area contributed by atoms with E-state index in [2.05, 4.69) is 4.90 Å². The fourth-order valence-corrected chi connectivity index (χ4v) is 4.51. The lowest BCUT2D eigenvalue weighted by molar-refractivity contribution is 0.0702. The van der Waals surface area contributed by atoms with Gasteiger partial charge in [0, 0.05) is 13.1 Å². The van der Waals surface area contributed by atoms with Crippen LogP contribution in [0, 0.1) is 5.41 Å². The molecule has 1 saturated carbocycles. The predicted octanol–water partition coefficient (Wildman–Crippen LogP) is 4.00. The van der Waals surface area contributed by atoms with E-state index in [1.54, 1.807) is 6.07 Å². The SMILES string of the molecule is O=C(O)c1ccc(N2CCC3(CCCCC3)CC2)s1. The summed E-state index contributed by atoms with van der Waals surface area (Å²) < 4.78 is 0. The smallest absolute Gasteiger partial charge is 0.345 e. The van der Waals surface area contributed by atoms with Crippen molar-refractivity contribution in [2.75, 3.05) is 18.0 Å². The Balaban J connectivity index is 1.64. The van der Waals surface area contributed by atoms with Crippen LogP contribution in [0.1, 0.15) is 54.6 Å². The average Bonchev–Trinajstić information content (AvgIpc) is 2.90. The van der Waals surface area contributed by atoms with E-state index in [-0.39, 0.29) is 0 Å². The van der Waals surface area contributed by atoms with E-state index < -0.39 is 5.97 Å². The maximum absolute atomic E-state index is 10.9. The van der Waals surface area contributed by atoms with Crippen molar-refractivity contribution in [3.05, 3.63) is 17.0 Å². The average molecular weight is 279 g/mol. The quantitative estimate of drug-likeness (QED) is 0.889. The van der Waals surface area contributed by atoms with Gasteiger partial charge in [-0.3, -0.25) is 0 Å². The lowest BCUT2D eigenvalue weighted by atomic mass is 9.68. The molecule has 0 atom stereocenters. The van der Waals surface area contributed by atoms with Crippen molar-refractivity contribution in [2.24, 2.45) is 5.41 Å². The minimum absolute atomic E-state index is 0.452. The standard InChI is InChI=1S/C15H21NO2S/c17-14(18)12-4-5-13(19-12)16-10-8-15(9-11-16)6-2-1-3-7-15/h4-5H,1-3,6-11H2,(H,17,18). The first-order valence-electron chi connectivity index (χ1n) is 7.27. The summed E-state index contributed by atoms with van der Waals surface area (Å²) in [6.45, 7) is 2.19. The number of rotatable bonds is 2. The molecule has 0 aromatic carbocycles. The summed E-state index contributed by atoms with van der Waals surface area (Å²) in [6, 6.07) is 3.69. The van der Waals surface area contributed by atoms with E-state index in [4.69, 9.17) is 5.11 Å². The highest BCUT2D eigenvalue weighted by atomic mass is 32.1. The third-order valence-corrected chi connectivity index (χ3v) is 5.99. The van der Waals surface area contributed by atoms with Gasteiger partial charge in [-0.25, -0.2) is 4.79 Å². The van der Waals surface area contributed by atoms with Crippen molar-refractivity contribution in [3.63, 3.8) is 0 Å². The summed E-state index contributed by atoms with van der Waals surface area (Å²) in [7, 11) is 0. The molecular formula is C15H21NO2S. The number of carbonyl (C=O) groups is 1. The van der Waals surface area contributed by atoms with Gasteiger partial charge in [0.25, 0.3) is 0 Å². The van der Waals surface area contributed by atoms with Crippen molar-refractivity contribution in [3.8, 4) is 0 Å². The first-order valence-corrected chi connectivity index (χ1v) is 8.08. The number of hydrogen-bond acceptors (Lipinski definition) is 3. The number of nitrogens with zero attached hydrogens (tertiary/aromatic N) is 1. The van der Waals surface area contributed by atoms with Crippen LogP contribution in [0.3, 0.4) is 0 Å². The monoisotopic (exact) mass is 279 g/mol. The lowest BCUT2D eigenvalue weighted by Gasteiger charge is -2.44. The fourth-order valence-electron chi connectivity index (χ4n) is 3.62. The summed E-state index contributed by atoms with van der Waals surface area (Å²) in [5, 5.41) is 10.1. The van der Waals surface area contributed by atoms with Crippen LogP contribution in [0.25, 0.3) is 0 Å². The van der Waals surface area contributed by atoms with Gasteiger partial charge in [-0.1, -0.05) is 19.3 Å². The van der Waals surface area contributed by atoms with Gasteiger partial charge in [-0.05, 0) is 43.2 Å². The summed E-state index contributed by atoms with van der Waals surface area (Å²) in [6.07, 6.45) is 9.61. The molecule has 2 aliphatic rings. The molecule has 0 radical (unpaired) electrons. The van der Waals surface area contributed by atoms with Gasteiger partial charge in [0.15, 0.2) is 0 Å². The van der Waals surface area contributed by atoms with Crippen molar-refractivity contribution in [2.45, 2.75) is 44.9 Å². The first-order chi connectivity index (χ1) is 9.19. The molecule has 1 saturated heterocycles. The molecule has 2 fully saturated rings. The van der Waals surface area contributed by atoms with Gasteiger partial charge in [0.05, 0.1) is 5.00 Å². The highest BCUT2D eigenvalue weighted by molar-refractivity contribution is 7.17. The van der Waals surface area contributed by atoms with Crippen molar-refractivity contribution in [1.29, 1.82) is 0 Å². The molecule has 1 aromatic heterocycles. The van der Waals surface area contributed by atoms with Gasteiger partial charge < -0.3 is 10.0 Å². The molecule has 0 unspecified atom stereocenters. The Bertz CT molecular complexity index is 452. The Morgan fingerprint density at radius 3 is 2.37 bits per heavy atom. The van der Waals surface area contributed by atoms with Crippen molar-refractivity contribution >= 4 is 22.3 Å². The zero-order valence-electron chi connectivity index (χ0n) is 11.2. The molecule has 1 aromatic rings. The summed E-state index contributed by atoms with van der Waals surface area (Å²) >= 11 is 1.41. The zero-order chi connectivity index (χ0) is 13.3. The molecule has 104 valence electrons. The molecule has 1 N–H and O–H groups in total. The Labute approximate surface area is 118 Å². The van der Waals surface area contributed by atoms with Crippen LogP contribution in [0.2, 0.25) is 0 Å². The number of carboxylic acids is 1. The number of carboxylic acid groups (broad SMARTS) is 1. The zero-order valence-corrected chi connectivity index (χ0v) is 12.0. The van der Waals surface area contributed by atoms with E-state index in [1.807, 2.05) is 6.07 Å². The molecule has 1 spiro atoms. The number of anilines is 1.